The highest BCUT2D eigenvalue weighted by molar-refractivity contribution is 5.93. The second-order valence-electron chi connectivity index (χ2n) is 4.95. The lowest BCUT2D eigenvalue weighted by Gasteiger charge is -2.31. The molecule has 1 unspecified atom stereocenters. The first-order chi connectivity index (χ1) is 8.99. The SMILES string of the molecule is Cc1ccc([N+](=O)[O-])cc1NC(=O)C(C)C1CNC1. The van der Waals surface area contributed by atoms with Crippen LogP contribution in [0.3, 0.4) is 0 Å². The van der Waals surface area contributed by atoms with Crippen molar-refractivity contribution in [1.29, 1.82) is 0 Å². The molecule has 1 aliphatic heterocycles. The molecule has 6 heteroatoms. The maximum atomic E-state index is 12.1. The van der Waals surface area contributed by atoms with E-state index >= 15 is 0 Å². The lowest BCUT2D eigenvalue weighted by molar-refractivity contribution is -0.384. The third kappa shape index (κ3) is 2.90. The van der Waals surface area contributed by atoms with Gasteiger partial charge >= 0.3 is 0 Å². The minimum Gasteiger partial charge on any atom is -0.325 e. The predicted octanol–water partition coefficient (Wildman–Crippen LogP) is 1.70. The van der Waals surface area contributed by atoms with Gasteiger partial charge in [-0.15, -0.1) is 0 Å². The van der Waals surface area contributed by atoms with Crippen LogP contribution in [0.5, 0.6) is 0 Å². The number of nitrogens with one attached hydrogen (secondary N) is 2. The van der Waals surface area contributed by atoms with E-state index in [0.717, 1.165) is 18.7 Å². The van der Waals surface area contributed by atoms with E-state index in [-0.39, 0.29) is 17.5 Å². The van der Waals surface area contributed by atoms with Gasteiger partial charge in [-0.3, -0.25) is 14.9 Å². The molecular weight excluding hydrogens is 246 g/mol. The van der Waals surface area contributed by atoms with Gasteiger partial charge in [0.15, 0.2) is 0 Å². The van der Waals surface area contributed by atoms with Crippen molar-refractivity contribution in [2.75, 3.05) is 18.4 Å². The number of benzene rings is 1. The quantitative estimate of drug-likeness (QED) is 0.639. The zero-order chi connectivity index (χ0) is 14.0. The molecule has 2 rings (SSSR count). The molecule has 1 saturated heterocycles. The Hall–Kier alpha value is -1.95. The van der Waals surface area contributed by atoms with Crippen LogP contribution >= 0.6 is 0 Å². The van der Waals surface area contributed by atoms with Gasteiger partial charge in [-0.05, 0) is 31.5 Å². The van der Waals surface area contributed by atoms with E-state index in [2.05, 4.69) is 10.6 Å². The largest absolute Gasteiger partial charge is 0.325 e. The van der Waals surface area contributed by atoms with E-state index in [4.69, 9.17) is 0 Å². The maximum Gasteiger partial charge on any atom is 0.271 e. The molecule has 0 saturated carbocycles. The van der Waals surface area contributed by atoms with Crippen LogP contribution in [-0.2, 0) is 4.79 Å². The summed E-state index contributed by atoms with van der Waals surface area (Å²) < 4.78 is 0. The normalized spacial score (nSPS) is 16.5. The Balaban J connectivity index is 2.11. The van der Waals surface area contributed by atoms with Gasteiger partial charge in [0.1, 0.15) is 0 Å². The van der Waals surface area contributed by atoms with Gasteiger partial charge in [0.25, 0.3) is 5.69 Å². The molecule has 102 valence electrons. The van der Waals surface area contributed by atoms with Crippen molar-refractivity contribution in [2.45, 2.75) is 13.8 Å². The van der Waals surface area contributed by atoms with E-state index < -0.39 is 4.92 Å². The minimum atomic E-state index is -0.464. The smallest absolute Gasteiger partial charge is 0.271 e. The van der Waals surface area contributed by atoms with E-state index in [1.54, 1.807) is 6.07 Å². The van der Waals surface area contributed by atoms with Gasteiger partial charge in [0.05, 0.1) is 10.6 Å². The standard InChI is InChI=1S/C13H17N3O3/c1-8-3-4-11(16(18)19)5-12(8)15-13(17)9(2)10-6-14-7-10/h3-5,9-10,14H,6-7H2,1-2H3,(H,15,17). The van der Waals surface area contributed by atoms with Crippen LogP contribution in [0, 0.1) is 28.9 Å². The topological polar surface area (TPSA) is 84.3 Å². The van der Waals surface area contributed by atoms with Crippen LogP contribution in [0.2, 0.25) is 0 Å². The molecule has 1 aliphatic rings. The van der Waals surface area contributed by atoms with Gasteiger partial charge in [0.2, 0.25) is 5.91 Å². The van der Waals surface area contributed by atoms with Crippen LogP contribution in [-0.4, -0.2) is 23.9 Å². The van der Waals surface area contributed by atoms with Crippen LogP contribution in [0.15, 0.2) is 18.2 Å². The molecule has 0 radical (unpaired) electrons. The molecule has 1 aromatic carbocycles. The summed E-state index contributed by atoms with van der Waals surface area (Å²) in [6.45, 7) is 5.40. The van der Waals surface area contributed by atoms with Crippen molar-refractivity contribution >= 4 is 17.3 Å². The average molecular weight is 263 g/mol. The average Bonchev–Trinajstić information content (AvgIpc) is 2.29. The van der Waals surface area contributed by atoms with Gasteiger partial charge in [-0.2, -0.15) is 0 Å². The highest BCUT2D eigenvalue weighted by atomic mass is 16.6. The molecular formula is C13H17N3O3. The summed E-state index contributed by atoms with van der Waals surface area (Å²) in [4.78, 5) is 22.3. The number of rotatable bonds is 4. The zero-order valence-electron chi connectivity index (χ0n) is 11.0. The number of anilines is 1. The third-order valence-corrected chi connectivity index (χ3v) is 3.62. The first kappa shape index (κ1) is 13.5. The van der Waals surface area contributed by atoms with E-state index in [1.165, 1.54) is 12.1 Å². The summed E-state index contributed by atoms with van der Waals surface area (Å²) in [5, 5.41) is 16.6. The molecule has 19 heavy (non-hydrogen) atoms. The van der Waals surface area contributed by atoms with Crippen LogP contribution in [0.1, 0.15) is 12.5 Å². The lowest BCUT2D eigenvalue weighted by atomic mass is 9.88. The van der Waals surface area contributed by atoms with Crippen LogP contribution in [0.4, 0.5) is 11.4 Å². The number of nitrogens with zero attached hydrogens (tertiary/aromatic N) is 1. The Morgan fingerprint density at radius 2 is 2.21 bits per heavy atom. The zero-order valence-corrected chi connectivity index (χ0v) is 11.0. The Kier molecular flexibility index (Phi) is 3.80. The Morgan fingerprint density at radius 3 is 2.74 bits per heavy atom. The third-order valence-electron chi connectivity index (χ3n) is 3.62. The number of amides is 1. The van der Waals surface area contributed by atoms with Crippen molar-refractivity contribution in [1.82, 2.24) is 5.32 Å². The van der Waals surface area contributed by atoms with E-state index in [0.29, 0.717) is 11.6 Å². The van der Waals surface area contributed by atoms with E-state index in [9.17, 15) is 14.9 Å². The summed E-state index contributed by atoms with van der Waals surface area (Å²) in [5.74, 6) is 0.161. The molecule has 0 aromatic heterocycles. The number of hydrogen-bond donors (Lipinski definition) is 2. The molecule has 1 fully saturated rings. The Morgan fingerprint density at radius 1 is 1.53 bits per heavy atom. The summed E-state index contributed by atoms with van der Waals surface area (Å²) in [6.07, 6.45) is 0. The number of carbonyl (C=O) groups excluding carboxylic acids is 1. The number of aryl methyl sites for hydroxylation is 1. The van der Waals surface area contributed by atoms with Gasteiger partial charge in [-0.1, -0.05) is 13.0 Å². The van der Waals surface area contributed by atoms with Gasteiger partial charge in [-0.25, -0.2) is 0 Å². The minimum absolute atomic E-state index is 0.0149. The van der Waals surface area contributed by atoms with Gasteiger partial charge in [0, 0.05) is 18.1 Å². The summed E-state index contributed by atoms with van der Waals surface area (Å²) in [5.41, 5.74) is 1.31. The maximum absolute atomic E-state index is 12.1. The fourth-order valence-corrected chi connectivity index (χ4v) is 1.98. The summed E-state index contributed by atoms with van der Waals surface area (Å²) >= 11 is 0. The second kappa shape index (κ2) is 5.36. The molecule has 1 aromatic rings. The van der Waals surface area contributed by atoms with Crippen LogP contribution < -0.4 is 10.6 Å². The van der Waals surface area contributed by atoms with Crippen molar-refractivity contribution in [3.05, 3.63) is 33.9 Å². The molecule has 1 atom stereocenters. The van der Waals surface area contributed by atoms with Gasteiger partial charge < -0.3 is 10.6 Å². The fourth-order valence-electron chi connectivity index (χ4n) is 1.98. The molecule has 6 nitrogen and oxygen atoms in total. The number of hydrogen-bond acceptors (Lipinski definition) is 4. The number of nitro groups is 1. The number of non-ortho nitro benzene ring substituents is 1. The molecule has 0 aliphatic carbocycles. The summed E-state index contributed by atoms with van der Waals surface area (Å²) in [7, 11) is 0. The highest BCUT2D eigenvalue weighted by Gasteiger charge is 2.29. The molecule has 2 N–H and O–H groups in total. The molecule has 1 heterocycles. The summed E-state index contributed by atoms with van der Waals surface area (Å²) in [6, 6.07) is 4.48. The first-order valence-corrected chi connectivity index (χ1v) is 6.25. The Bertz CT molecular complexity index is 512. The lowest BCUT2D eigenvalue weighted by Crippen LogP contribution is -2.48. The molecule has 1 amide bonds. The van der Waals surface area contributed by atoms with Crippen molar-refractivity contribution in [3.63, 3.8) is 0 Å². The first-order valence-electron chi connectivity index (χ1n) is 6.25. The number of carbonyl (C=O) groups is 1. The Labute approximate surface area is 111 Å². The predicted molar refractivity (Wildman–Crippen MR) is 72.0 cm³/mol. The molecule has 0 spiro atoms. The number of nitro benzene ring substituents is 1. The van der Waals surface area contributed by atoms with Crippen molar-refractivity contribution in [2.24, 2.45) is 11.8 Å². The molecule has 0 bridgehead atoms. The monoisotopic (exact) mass is 263 g/mol. The highest BCUT2D eigenvalue weighted by Crippen LogP contribution is 2.24. The second-order valence-corrected chi connectivity index (χ2v) is 4.95. The fraction of sp³-hybridized carbons (Fsp3) is 0.462. The van der Waals surface area contributed by atoms with Crippen molar-refractivity contribution in [3.8, 4) is 0 Å². The van der Waals surface area contributed by atoms with E-state index in [1.807, 2.05) is 13.8 Å². The van der Waals surface area contributed by atoms with Crippen molar-refractivity contribution < 1.29 is 9.72 Å². The van der Waals surface area contributed by atoms with Crippen LogP contribution in [0.25, 0.3) is 0 Å².